The third-order valence-corrected chi connectivity index (χ3v) is 2.96. The van der Waals surface area contributed by atoms with Gasteiger partial charge in [-0.15, -0.1) is 0 Å². The van der Waals surface area contributed by atoms with Crippen molar-refractivity contribution in [3.8, 4) is 11.8 Å². The van der Waals surface area contributed by atoms with Gasteiger partial charge in [-0.1, -0.05) is 17.9 Å². The molecule has 1 aromatic rings. The predicted octanol–water partition coefficient (Wildman–Crippen LogP) is 1.87. The van der Waals surface area contributed by atoms with Crippen LogP contribution in [0.1, 0.15) is 24.0 Å². The van der Waals surface area contributed by atoms with Gasteiger partial charge < -0.3 is 14.6 Å². The second kappa shape index (κ2) is 7.25. The Bertz CT molecular complexity index is 470. The van der Waals surface area contributed by atoms with Crippen LogP contribution in [0, 0.1) is 17.7 Å². The number of hydrogen-bond donors (Lipinski definition) is 1. The zero-order valence-electron chi connectivity index (χ0n) is 10.7. The Balaban J connectivity index is 1.94. The Labute approximate surface area is 112 Å². The van der Waals surface area contributed by atoms with E-state index in [1.165, 1.54) is 12.1 Å². The molecule has 0 aliphatic carbocycles. The average Bonchev–Trinajstić information content (AvgIpc) is 2.91. The van der Waals surface area contributed by atoms with Crippen LogP contribution < -0.4 is 0 Å². The van der Waals surface area contributed by atoms with Crippen molar-refractivity contribution in [2.45, 2.75) is 25.6 Å². The summed E-state index contributed by atoms with van der Waals surface area (Å²) in [6, 6.07) is 4.40. The van der Waals surface area contributed by atoms with Gasteiger partial charge in [0.1, 0.15) is 12.4 Å². The number of rotatable bonds is 4. The van der Waals surface area contributed by atoms with Gasteiger partial charge in [-0.3, -0.25) is 0 Å². The van der Waals surface area contributed by atoms with E-state index in [2.05, 4.69) is 11.8 Å². The first-order valence-electron chi connectivity index (χ1n) is 6.37. The lowest BCUT2D eigenvalue weighted by atomic mass is 10.1. The summed E-state index contributed by atoms with van der Waals surface area (Å²) in [4.78, 5) is 0. The highest BCUT2D eigenvalue weighted by Gasteiger charge is 2.15. The Morgan fingerprint density at radius 2 is 2.37 bits per heavy atom. The molecule has 0 radical (unpaired) electrons. The standard InChI is InChI=1S/C15H17FO3/c16-14-6-5-13(12(9-14)3-1-7-17)10-18-11-15-4-2-8-19-15/h5-6,9,15,17H,2,4,7-8,10-11H2. The molecule has 1 heterocycles. The fourth-order valence-corrected chi connectivity index (χ4v) is 2.00. The SMILES string of the molecule is OCC#Cc1cc(F)ccc1COCC1CCCO1. The topological polar surface area (TPSA) is 38.7 Å². The third-order valence-electron chi connectivity index (χ3n) is 2.96. The van der Waals surface area contributed by atoms with Gasteiger partial charge >= 0.3 is 0 Å². The van der Waals surface area contributed by atoms with Crippen LogP contribution in [0.3, 0.4) is 0 Å². The molecular formula is C15H17FO3. The summed E-state index contributed by atoms with van der Waals surface area (Å²) in [6.45, 7) is 1.48. The van der Waals surface area contributed by atoms with Crippen LogP contribution in [-0.2, 0) is 16.1 Å². The first kappa shape index (κ1) is 14.0. The van der Waals surface area contributed by atoms with E-state index in [9.17, 15) is 4.39 Å². The van der Waals surface area contributed by atoms with E-state index < -0.39 is 0 Å². The van der Waals surface area contributed by atoms with E-state index in [0.717, 1.165) is 25.0 Å². The molecule has 3 nitrogen and oxygen atoms in total. The van der Waals surface area contributed by atoms with Crippen molar-refractivity contribution < 1.29 is 19.0 Å². The first-order valence-corrected chi connectivity index (χ1v) is 6.37. The molecule has 19 heavy (non-hydrogen) atoms. The molecular weight excluding hydrogens is 247 g/mol. The average molecular weight is 264 g/mol. The monoisotopic (exact) mass is 264 g/mol. The summed E-state index contributed by atoms with van der Waals surface area (Å²) in [5, 5.41) is 8.69. The number of ether oxygens (including phenoxy) is 2. The lowest BCUT2D eigenvalue weighted by Crippen LogP contribution is -2.14. The maximum atomic E-state index is 13.2. The largest absolute Gasteiger partial charge is 0.384 e. The first-order chi connectivity index (χ1) is 9.29. The Hall–Kier alpha value is -1.41. The fraction of sp³-hybridized carbons (Fsp3) is 0.467. The third kappa shape index (κ3) is 4.32. The van der Waals surface area contributed by atoms with Crippen molar-refractivity contribution in [1.29, 1.82) is 0 Å². The van der Waals surface area contributed by atoms with Gasteiger partial charge in [-0.05, 0) is 30.5 Å². The Morgan fingerprint density at radius 1 is 1.47 bits per heavy atom. The van der Waals surface area contributed by atoms with Crippen LogP contribution in [0.4, 0.5) is 4.39 Å². The highest BCUT2D eigenvalue weighted by Crippen LogP contribution is 2.15. The molecule has 0 bridgehead atoms. The van der Waals surface area contributed by atoms with Gasteiger partial charge in [0.2, 0.25) is 0 Å². The van der Waals surface area contributed by atoms with Gasteiger partial charge in [0.15, 0.2) is 0 Å². The molecule has 1 aromatic carbocycles. The van der Waals surface area contributed by atoms with Crippen molar-refractivity contribution in [3.05, 3.63) is 35.1 Å². The van der Waals surface area contributed by atoms with E-state index in [0.29, 0.717) is 18.8 Å². The zero-order chi connectivity index (χ0) is 13.5. The maximum absolute atomic E-state index is 13.2. The molecule has 1 unspecified atom stereocenters. The highest BCUT2D eigenvalue weighted by molar-refractivity contribution is 5.41. The summed E-state index contributed by atoms with van der Waals surface area (Å²) in [5.74, 6) is 4.91. The van der Waals surface area contributed by atoms with E-state index in [-0.39, 0.29) is 18.5 Å². The second-order valence-electron chi connectivity index (χ2n) is 4.41. The quantitative estimate of drug-likeness (QED) is 0.844. The smallest absolute Gasteiger partial charge is 0.124 e. The van der Waals surface area contributed by atoms with Gasteiger partial charge in [0.25, 0.3) is 0 Å². The van der Waals surface area contributed by atoms with Crippen LogP contribution >= 0.6 is 0 Å². The molecule has 1 N–H and O–H groups in total. The molecule has 4 heteroatoms. The van der Waals surface area contributed by atoms with Crippen molar-refractivity contribution in [2.24, 2.45) is 0 Å². The molecule has 1 atom stereocenters. The second-order valence-corrected chi connectivity index (χ2v) is 4.41. The highest BCUT2D eigenvalue weighted by atomic mass is 19.1. The molecule has 1 fully saturated rings. The number of hydrogen-bond acceptors (Lipinski definition) is 3. The predicted molar refractivity (Wildman–Crippen MR) is 69.0 cm³/mol. The van der Waals surface area contributed by atoms with Crippen molar-refractivity contribution >= 4 is 0 Å². The number of aliphatic hydroxyl groups excluding tert-OH is 1. The molecule has 0 aromatic heterocycles. The van der Waals surface area contributed by atoms with Crippen LogP contribution in [0.25, 0.3) is 0 Å². The summed E-state index contributed by atoms with van der Waals surface area (Å²) in [5.41, 5.74) is 1.38. The summed E-state index contributed by atoms with van der Waals surface area (Å²) >= 11 is 0. The molecule has 1 aliphatic heterocycles. The van der Waals surface area contributed by atoms with E-state index in [1.54, 1.807) is 6.07 Å². The van der Waals surface area contributed by atoms with Crippen LogP contribution in [0.5, 0.6) is 0 Å². The number of halogens is 1. The van der Waals surface area contributed by atoms with Gasteiger partial charge in [-0.25, -0.2) is 4.39 Å². The van der Waals surface area contributed by atoms with E-state index in [1.807, 2.05) is 0 Å². The normalized spacial score (nSPS) is 18.1. The van der Waals surface area contributed by atoms with Crippen molar-refractivity contribution in [2.75, 3.05) is 19.8 Å². The Morgan fingerprint density at radius 3 is 3.11 bits per heavy atom. The summed E-state index contributed by atoms with van der Waals surface area (Å²) in [7, 11) is 0. The molecule has 1 saturated heterocycles. The van der Waals surface area contributed by atoms with Gasteiger partial charge in [0, 0.05) is 12.2 Å². The maximum Gasteiger partial charge on any atom is 0.124 e. The summed E-state index contributed by atoms with van der Waals surface area (Å²) < 4.78 is 24.2. The molecule has 2 rings (SSSR count). The van der Waals surface area contributed by atoms with Gasteiger partial charge in [-0.2, -0.15) is 0 Å². The van der Waals surface area contributed by atoms with Crippen molar-refractivity contribution in [1.82, 2.24) is 0 Å². The minimum Gasteiger partial charge on any atom is -0.384 e. The van der Waals surface area contributed by atoms with E-state index >= 15 is 0 Å². The molecule has 1 aliphatic rings. The Kier molecular flexibility index (Phi) is 5.34. The fourth-order valence-electron chi connectivity index (χ4n) is 2.00. The van der Waals surface area contributed by atoms with Crippen molar-refractivity contribution in [3.63, 3.8) is 0 Å². The number of benzene rings is 1. The minimum absolute atomic E-state index is 0.174. The van der Waals surface area contributed by atoms with Crippen LogP contribution in [-0.4, -0.2) is 31.0 Å². The summed E-state index contributed by atoms with van der Waals surface area (Å²) in [6.07, 6.45) is 2.28. The molecule has 0 spiro atoms. The molecule has 102 valence electrons. The van der Waals surface area contributed by atoms with Gasteiger partial charge in [0.05, 0.1) is 19.3 Å². The molecule has 0 saturated carbocycles. The lowest BCUT2D eigenvalue weighted by molar-refractivity contribution is 0.0105. The molecule has 0 amide bonds. The van der Waals surface area contributed by atoms with E-state index in [4.69, 9.17) is 14.6 Å². The minimum atomic E-state index is -0.342. The zero-order valence-corrected chi connectivity index (χ0v) is 10.7. The lowest BCUT2D eigenvalue weighted by Gasteiger charge is -2.11. The van der Waals surface area contributed by atoms with Crippen LogP contribution in [0.15, 0.2) is 18.2 Å². The number of aliphatic hydroxyl groups is 1. The van der Waals surface area contributed by atoms with Crippen LogP contribution in [0.2, 0.25) is 0 Å².